The van der Waals surface area contributed by atoms with E-state index in [1.807, 2.05) is 0 Å². The smallest absolute Gasteiger partial charge is 0.263 e. The molecule has 100 valence electrons. The Labute approximate surface area is 132 Å². The number of nitrogens with one attached hydrogen (secondary N) is 1. The highest BCUT2D eigenvalue weighted by molar-refractivity contribution is 9.10. The number of halogens is 3. The summed E-state index contributed by atoms with van der Waals surface area (Å²) < 4.78 is 28.2. The normalized spacial score (nSPS) is 11.3. The second-order valence-corrected chi connectivity index (χ2v) is 7.43. The molecule has 0 saturated carbocycles. The van der Waals surface area contributed by atoms with E-state index in [-0.39, 0.29) is 15.7 Å². The van der Waals surface area contributed by atoms with Crippen LogP contribution in [0.25, 0.3) is 0 Å². The molecule has 2 rings (SSSR count). The van der Waals surface area contributed by atoms with E-state index in [9.17, 15) is 8.42 Å². The van der Waals surface area contributed by atoms with Crippen molar-refractivity contribution < 1.29 is 8.42 Å². The second-order valence-electron chi connectivity index (χ2n) is 3.54. The Morgan fingerprint density at radius 2 is 1.79 bits per heavy atom. The summed E-state index contributed by atoms with van der Waals surface area (Å²) in [6.07, 6.45) is 1.49. The van der Waals surface area contributed by atoms with Gasteiger partial charge in [0.1, 0.15) is 10.7 Å². The van der Waals surface area contributed by atoms with Gasteiger partial charge in [-0.15, -0.1) is 0 Å². The van der Waals surface area contributed by atoms with E-state index in [1.54, 1.807) is 18.2 Å². The Hall–Kier alpha value is -0.630. The summed E-state index contributed by atoms with van der Waals surface area (Å²) >= 11 is 12.4. The Bertz CT molecular complexity index is 722. The van der Waals surface area contributed by atoms with E-state index in [1.165, 1.54) is 18.3 Å². The topological polar surface area (TPSA) is 59.1 Å². The van der Waals surface area contributed by atoms with Gasteiger partial charge in [0.25, 0.3) is 10.0 Å². The molecule has 1 aromatic carbocycles. The minimum absolute atomic E-state index is 0.000794. The Morgan fingerprint density at radius 1 is 1.11 bits per heavy atom. The van der Waals surface area contributed by atoms with Crippen molar-refractivity contribution in [3.8, 4) is 0 Å². The number of benzene rings is 1. The van der Waals surface area contributed by atoms with Gasteiger partial charge in [0.05, 0.1) is 5.02 Å². The number of nitrogens with zero attached hydrogens (tertiary/aromatic N) is 1. The third-order valence-electron chi connectivity index (χ3n) is 2.14. The average molecular weight is 427 g/mol. The van der Waals surface area contributed by atoms with Gasteiger partial charge in [-0.25, -0.2) is 13.4 Å². The van der Waals surface area contributed by atoms with Crippen LogP contribution in [0.5, 0.6) is 0 Å². The zero-order valence-electron chi connectivity index (χ0n) is 9.27. The van der Waals surface area contributed by atoms with Crippen LogP contribution < -0.4 is 4.72 Å². The van der Waals surface area contributed by atoms with Gasteiger partial charge >= 0.3 is 0 Å². The van der Waals surface area contributed by atoms with Crippen molar-refractivity contribution in [2.45, 2.75) is 4.90 Å². The molecule has 19 heavy (non-hydrogen) atoms. The van der Waals surface area contributed by atoms with Gasteiger partial charge in [0.2, 0.25) is 0 Å². The van der Waals surface area contributed by atoms with Gasteiger partial charge in [-0.2, -0.15) is 0 Å². The summed E-state index contributed by atoms with van der Waals surface area (Å²) in [5, 5.41) is 0.136. The number of hydrogen-bond donors (Lipinski definition) is 1. The van der Waals surface area contributed by atoms with Crippen LogP contribution in [0.15, 0.2) is 50.4 Å². The number of rotatable bonds is 3. The first-order valence-electron chi connectivity index (χ1n) is 4.98. The number of sulfonamides is 1. The van der Waals surface area contributed by atoms with E-state index in [0.29, 0.717) is 4.47 Å². The minimum Gasteiger partial charge on any atom is -0.263 e. The van der Waals surface area contributed by atoms with E-state index in [0.717, 1.165) is 4.47 Å². The molecule has 0 fully saturated rings. The van der Waals surface area contributed by atoms with E-state index < -0.39 is 10.0 Å². The van der Waals surface area contributed by atoms with Crippen LogP contribution in [-0.2, 0) is 10.0 Å². The van der Waals surface area contributed by atoms with Crippen LogP contribution in [0, 0.1) is 0 Å². The number of aromatic nitrogens is 1. The molecule has 1 N–H and O–H groups in total. The summed E-state index contributed by atoms with van der Waals surface area (Å²) in [7, 11) is -3.76. The molecule has 0 aliphatic carbocycles. The molecule has 1 heterocycles. The quantitative estimate of drug-likeness (QED) is 0.805. The zero-order valence-corrected chi connectivity index (χ0v) is 14.0. The number of pyridine rings is 1. The Balaban J connectivity index is 2.38. The fourth-order valence-corrected chi connectivity index (χ4v) is 3.72. The average Bonchev–Trinajstić information content (AvgIpc) is 2.27. The summed E-state index contributed by atoms with van der Waals surface area (Å²) in [5.74, 6) is 0.216. The molecule has 8 heteroatoms. The Morgan fingerprint density at radius 3 is 2.42 bits per heavy atom. The molecule has 0 bridgehead atoms. The predicted octanol–water partition coefficient (Wildman–Crippen LogP) is 4.06. The van der Waals surface area contributed by atoms with Crippen molar-refractivity contribution in [1.29, 1.82) is 0 Å². The SMILES string of the molecule is O=S(=O)(Nc1cc(Br)ccn1)c1ccc(Br)cc1Cl. The maximum atomic E-state index is 12.2. The molecule has 0 radical (unpaired) electrons. The van der Waals surface area contributed by atoms with Gasteiger partial charge < -0.3 is 0 Å². The predicted molar refractivity (Wildman–Crippen MR) is 81.9 cm³/mol. The van der Waals surface area contributed by atoms with Crippen LogP contribution in [0.1, 0.15) is 0 Å². The maximum Gasteiger partial charge on any atom is 0.264 e. The first-order valence-corrected chi connectivity index (χ1v) is 8.42. The first kappa shape index (κ1) is 14.8. The molecule has 0 amide bonds. The lowest BCUT2D eigenvalue weighted by atomic mass is 10.4. The molecule has 4 nitrogen and oxygen atoms in total. The summed E-state index contributed by atoms with van der Waals surface area (Å²) in [5.41, 5.74) is 0. The fourth-order valence-electron chi connectivity index (χ4n) is 1.35. The minimum atomic E-state index is -3.76. The van der Waals surface area contributed by atoms with Crippen molar-refractivity contribution in [1.82, 2.24) is 4.98 Å². The molecule has 1 aromatic heterocycles. The van der Waals surface area contributed by atoms with Crippen LogP contribution in [0.4, 0.5) is 5.82 Å². The lowest BCUT2D eigenvalue weighted by molar-refractivity contribution is 0.601. The molecule has 0 aliphatic rings. The lowest BCUT2D eigenvalue weighted by Gasteiger charge is -2.09. The van der Waals surface area contributed by atoms with Gasteiger partial charge in [-0.05, 0) is 30.3 Å². The number of anilines is 1. The van der Waals surface area contributed by atoms with Gasteiger partial charge in [0.15, 0.2) is 0 Å². The second kappa shape index (κ2) is 5.78. The lowest BCUT2D eigenvalue weighted by Crippen LogP contribution is -2.14. The maximum absolute atomic E-state index is 12.2. The van der Waals surface area contributed by atoms with Gasteiger partial charge in [-0.3, -0.25) is 4.72 Å². The molecule has 0 atom stereocenters. The highest BCUT2D eigenvalue weighted by Gasteiger charge is 2.18. The largest absolute Gasteiger partial charge is 0.264 e. The third-order valence-corrected chi connectivity index (χ3v) is 4.97. The Kier molecular flexibility index (Phi) is 4.50. The van der Waals surface area contributed by atoms with E-state index in [2.05, 4.69) is 41.6 Å². The molecule has 0 aliphatic heterocycles. The van der Waals surface area contributed by atoms with E-state index >= 15 is 0 Å². The highest BCUT2D eigenvalue weighted by atomic mass is 79.9. The standard InChI is InChI=1S/C11H7Br2ClN2O2S/c12-7-1-2-10(9(14)5-7)19(17,18)16-11-6-8(13)3-4-15-11/h1-6H,(H,15,16). The molecular formula is C11H7Br2ClN2O2S. The molecule has 0 unspecified atom stereocenters. The van der Waals surface area contributed by atoms with Crippen LogP contribution in [0.2, 0.25) is 5.02 Å². The van der Waals surface area contributed by atoms with Crippen molar-refractivity contribution in [2.75, 3.05) is 4.72 Å². The van der Waals surface area contributed by atoms with Crippen molar-refractivity contribution in [3.63, 3.8) is 0 Å². The third kappa shape index (κ3) is 3.68. The fraction of sp³-hybridized carbons (Fsp3) is 0. The zero-order chi connectivity index (χ0) is 14.0. The van der Waals surface area contributed by atoms with Gasteiger partial charge in [0, 0.05) is 15.1 Å². The first-order chi connectivity index (χ1) is 8.88. The van der Waals surface area contributed by atoms with Crippen LogP contribution in [0.3, 0.4) is 0 Å². The van der Waals surface area contributed by atoms with Gasteiger partial charge in [-0.1, -0.05) is 43.5 Å². The van der Waals surface area contributed by atoms with Crippen LogP contribution >= 0.6 is 43.5 Å². The molecule has 2 aromatic rings. The van der Waals surface area contributed by atoms with Crippen molar-refractivity contribution >= 4 is 59.3 Å². The molecule has 0 saturated heterocycles. The van der Waals surface area contributed by atoms with Crippen LogP contribution in [-0.4, -0.2) is 13.4 Å². The molecule has 0 spiro atoms. The number of hydrogen-bond acceptors (Lipinski definition) is 3. The molecular weight excluding hydrogens is 419 g/mol. The summed E-state index contributed by atoms with van der Waals surface area (Å²) in [6, 6.07) is 7.81. The van der Waals surface area contributed by atoms with Crippen molar-refractivity contribution in [3.05, 3.63) is 50.5 Å². The monoisotopic (exact) mass is 424 g/mol. The summed E-state index contributed by atoms with van der Waals surface area (Å²) in [4.78, 5) is 3.92. The highest BCUT2D eigenvalue weighted by Crippen LogP contribution is 2.26. The van der Waals surface area contributed by atoms with E-state index in [4.69, 9.17) is 11.6 Å². The van der Waals surface area contributed by atoms with Crippen molar-refractivity contribution in [2.24, 2.45) is 0 Å². The summed E-state index contributed by atoms with van der Waals surface area (Å²) in [6.45, 7) is 0.